The first kappa shape index (κ1) is 15.4. The van der Waals surface area contributed by atoms with Gasteiger partial charge in [0.15, 0.2) is 6.10 Å². The van der Waals surface area contributed by atoms with E-state index < -0.39 is 6.10 Å². The van der Waals surface area contributed by atoms with Crippen LogP contribution in [0.1, 0.15) is 12.5 Å². The van der Waals surface area contributed by atoms with Gasteiger partial charge in [-0.1, -0.05) is 12.2 Å². The van der Waals surface area contributed by atoms with Gasteiger partial charge in [0.2, 0.25) is 0 Å². The fraction of sp³-hybridized carbons (Fsp3) is 0.385. The zero-order valence-corrected chi connectivity index (χ0v) is 11.8. The molecule has 5 nitrogen and oxygen atoms in total. The van der Waals surface area contributed by atoms with E-state index in [9.17, 15) is 4.79 Å². The Kier molecular flexibility index (Phi) is 6.24. The first-order valence-electron chi connectivity index (χ1n) is 5.87. The van der Waals surface area contributed by atoms with E-state index in [0.29, 0.717) is 23.9 Å². The lowest BCUT2D eigenvalue weighted by molar-refractivity contribution is -0.127. The number of carbonyl (C=O) groups excluding carboxylic acids is 1. The molecule has 19 heavy (non-hydrogen) atoms. The number of ether oxygens (including phenoxy) is 2. The van der Waals surface area contributed by atoms with Crippen LogP contribution in [0.5, 0.6) is 5.75 Å². The fourth-order valence-electron chi connectivity index (χ4n) is 1.38. The van der Waals surface area contributed by atoms with Crippen LogP contribution in [0.2, 0.25) is 0 Å². The van der Waals surface area contributed by atoms with E-state index in [0.717, 1.165) is 5.56 Å². The third-order valence-corrected chi connectivity index (χ3v) is 2.66. The Morgan fingerprint density at radius 2 is 2.05 bits per heavy atom. The van der Waals surface area contributed by atoms with Crippen LogP contribution in [0, 0.1) is 0 Å². The highest BCUT2D eigenvalue weighted by Gasteiger charge is 2.13. The molecule has 0 saturated carbocycles. The predicted molar refractivity (Wildman–Crippen MR) is 77.3 cm³/mol. The van der Waals surface area contributed by atoms with E-state index in [2.05, 4.69) is 5.32 Å². The van der Waals surface area contributed by atoms with Crippen molar-refractivity contribution in [1.29, 1.82) is 0 Å². The third kappa shape index (κ3) is 5.23. The highest BCUT2D eigenvalue weighted by molar-refractivity contribution is 7.80. The molecule has 0 heterocycles. The monoisotopic (exact) mass is 282 g/mol. The standard InChI is InChI=1S/C13H18N2O3S/c1-9(13(16)15-7-8-17-2)18-11-5-3-10(4-6-11)12(14)19/h3-6,9H,7-8H2,1-2H3,(H2,14,19)(H,15,16). The van der Waals surface area contributed by atoms with Crippen molar-refractivity contribution in [2.75, 3.05) is 20.3 Å². The van der Waals surface area contributed by atoms with E-state index in [1.54, 1.807) is 38.3 Å². The van der Waals surface area contributed by atoms with Crippen molar-refractivity contribution in [3.8, 4) is 5.75 Å². The number of hydrogen-bond acceptors (Lipinski definition) is 4. The molecule has 3 N–H and O–H groups in total. The Labute approximate surface area is 118 Å². The van der Waals surface area contributed by atoms with Crippen molar-refractivity contribution < 1.29 is 14.3 Å². The van der Waals surface area contributed by atoms with Gasteiger partial charge in [0, 0.05) is 19.2 Å². The van der Waals surface area contributed by atoms with Gasteiger partial charge in [-0.05, 0) is 31.2 Å². The third-order valence-electron chi connectivity index (χ3n) is 2.43. The second kappa shape index (κ2) is 7.70. The van der Waals surface area contributed by atoms with E-state index in [1.807, 2.05) is 0 Å². The van der Waals surface area contributed by atoms with Crippen molar-refractivity contribution in [3.63, 3.8) is 0 Å². The molecule has 1 aromatic rings. The number of methoxy groups -OCH3 is 1. The minimum absolute atomic E-state index is 0.185. The molecular weight excluding hydrogens is 264 g/mol. The molecule has 0 fully saturated rings. The number of carbonyl (C=O) groups is 1. The maximum Gasteiger partial charge on any atom is 0.260 e. The first-order chi connectivity index (χ1) is 9.04. The summed E-state index contributed by atoms with van der Waals surface area (Å²) in [6, 6.07) is 6.97. The van der Waals surface area contributed by atoms with Crippen molar-refractivity contribution in [3.05, 3.63) is 29.8 Å². The number of benzene rings is 1. The van der Waals surface area contributed by atoms with E-state index in [1.165, 1.54) is 0 Å². The highest BCUT2D eigenvalue weighted by Crippen LogP contribution is 2.13. The maximum absolute atomic E-state index is 11.7. The van der Waals surface area contributed by atoms with Crippen molar-refractivity contribution >= 4 is 23.1 Å². The number of amides is 1. The summed E-state index contributed by atoms with van der Waals surface area (Å²) in [5, 5.41) is 2.70. The number of thiocarbonyl (C=S) groups is 1. The summed E-state index contributed by atoms with van der Waals surface area (Å²) in [5.74, 6) is 0.407. The van der Waals surface area contributed by atoms with Gasteiger partial charge < -0.3 is 20.5 Å². The molecule has 104 valence electrons. The predicted octanol–water partition coefficient (Wildman–Crippen LogP) is 0.851. The lowest BCUT2D eigenvalue weighted by Gasteiger charge is -2.14. The summed E-state index contributed by atoms with van der Waals surface area (Å²) in [5.41, 5.74) is 6.26. The topological polar surface area (TPSA) is 73.6 Å². The van der Waals surface area contributed by atoms with Crippen LogP contribution in [0.15, 0.2) is 24.3 Å². The van der Waals surface area contributed by atoms with Gasteiger partial charge in [-0.15, -0.1) is 0 Å². The summed E-state index contributed by atoms with van der Waals surface area (Å²) in [6.45, 7) is 2.62. The van der Waals surface area contributed by atoms with Crippen LogP contribution in [-0.2, 0) is 9.53 Å². The highest BCUT2D eigenvalue weighted by atomic mass is 32.1. The molecule has 6 heteroatoms. The molecule has 0 aliphatic heterocycles. The molecule has 1 rings (SSSR count). The summed E-state index contributed by atoms with van der Waals surface area (Å²) >= 11 is 4.85. The Morgan fingerprint density at radius 3 is 2.58 bits per heavy atom. The molecule has 0 saturated heterocycles. The molecule has 0 spiro atoms. The van der Waals surface area contributed by atoms with E-state index in [4.69, 9.17) is 27.4 Å². The van der Waals surface area contributed by atoms with Crippen molar-refractivity contribution in [2.24, 2.45) is 5.73 Å². The minimum atomic E-state index is -0.576. The number of rotatable bonds is 7. The minimum Gasteiger partial charge on any atom is -0.481 e. The largest absolute Gasteiger partial charge is 0.481 e. The molecule has 1 aromatic carbocycles. The molecular formula is C13H18N2O3S. The van der Waals surface area contributed by atoms with Crippen LogP contribution in [0.25, 0.3) is 0 Å². The van der Waals surface area contributed by atoms with Gasteiger partial charge in [-0.3, -0.25) is 4.79 Å². The molecule has 0 radical (unpaired) electrons. The summed E-state index contributed by atoms with van der Waals surface area (Å²) in [4.78, 5) is 12.0. The van der Waals surface area contributed by atoms with Crippen LogP contribution in [0.3, 0.4) is 0 Å². The first-order valence-corrected chi connectivity index (χ1v) is 6.28. The van der Waals surface area contributed by atoms with Crippen molar-refractivity contribution in [1.82, 2.24) is 5.32 Å². The quantitative estimate of drug-likeness (QED) is 0.573. The van der Waals surface area contributed by atoms with Gasteiger partial charge in [0.1, 0.15) is 10.7 Å². The SMILES string of the molecule is COCCNC(=O)C(C)Oc1ccc(C(N)=S)cc1. The second-order valence-electron chi connectivity index (χ2n) is 3.93. The lowest BCUT2D eigenvalue weighted by Crippen LogP contribution is -2.37. The van der Waals surface area contributed by atoms with Gasteiger partial charge >= 0.3 is 0 Å². The molecule has 0 aliphatic rings. The van der Waals surface area contributed by atoms with Crippen LogP contribution < -0.4 is 15.8 Å². The van der Waals surface area contributed by atoms with E-state index in [-0.39, 0.29) is 5.91 Å². The van der Waals surface area contributed by atoms with Crippen LogP contribution in [0.4, 0.5) is 0 Å². The Balaban J connectivity index is 2.49. The average molecular weight is 282 g/mol. The molecule has 0 aliphatic carbocycles. The molecule has 1 amide bonds. The second-order valence-corrected chi connectivity index (χ2v) is 4.37. The Hall–Kier alpha value is -1.66. The van der Waals surface area contributed by atoms with Gasteiger partial charge in [0.05, 0.1) is 6.61 Å². The molecule has 0 aromatic heterocycles. The van der Waals surface area contributed by atoms with Crippen molar-refractivity contribution in [2.45, 2.75) is 13.0 Å². The smallest absolute Gasteiger partial charge is 0.260 e. The maximum atomic E-state index is 11.7. The number of hydrogen-bond donors (Lipinski definition) is 2. The normalized spacial score (nSPS) is 11.7. The van der Waals surface area contributed by atoms with Gasteiger partial charge in [-0.2, -0.15) is 0 Å². The van der Waals surface area contributed by atoms with Gasteiger partial charge in [0.25, 0.3) is 5.91 Å². The molecule has 1 unspecified atom stereocenters. The number of nitrogens with two attached hydrogens (primary N) is 1. The zero-order chi connectivity index (χ0) is 14.3. The number of nitrogens with one attached hydrogen (secondary N) is 1. The van der Waals surface area contributed by atoms with Crippen LogP contribution >= 0.6 is 12.2 Å². The lowest BCUT2D eigenvalue weighted by atomic mass is 10.2. The molecule has 0 bridgehead atoms. The summed E-state index contributed by atoms with van der Waals surface area (Å²) < 4.78 is 10.4. The summed E-state index contributed by atoms with van der Waals surface area (Å²) in [7, 11) is 1.58. The van der Waals surface area contributed by atoms with E-state index >= 15 is 0 Å². The van der Waals surface area contributed by atoms with Gasteiger partial charge in [-0.25, -0.2) is 0 Å². The Morgan fingerprint density at radius 1 is 1.42 bits per heavy atom. The Bertz CT molecular complexity index is 434. The summed E-state index contributed by atoms with van der Waals surface area (Å²) in [6.07, 6.45) is -0.576. The fourth-order valence-corrected chi connectivity index (χ4v) is 1.51. The average Bonchev–Trinajstić information content (AvgIpc) is 2.39. The van der Waals surface area contributed by atoms with Crippen LogP contribution in [-0.4, -0.2) is 37.3 Å². The molecule has 1 atom stereocenters. The zero-order valence-electron chi connectivity index (χ0n) is 11.0.